The zero-order valence-corrected chi connectivity index (χ0v) is 30.4. The molecule has 3 saturated carbocycles. The van der Waals surface area contributed by atoms with Crippen LogP contribution in [-0.4, -0.2) is 90.9 Å². The fourth-order valence-corrected chi connectivity index (χ4v) is 8.22. The number of esters is 1. The lowest BCUT2D eigenvalue weighted by Crippen LogP contribution is -2.65. The second-order valence-corrected chi connectivity index (χ2v) is 17.2. The van der Waals surface area contributed by atoms with Crippen LogP contribution < -0.4 is 14.8 Å². The van der Waals surface area contributed by atoms with E-state index >= 15 is 0 Å². The number of carbonyl (C=O) groups is 3. The van der Waals surface area contributed by atoms with Gasteiger partial charge in [0, 0.05) is 13.0 Å². The van der Waals surface area contributed by atoms with Crippen molar-refractivity contribution >= 4 is 25.2 Å². The molecule has 0 aromatic heterocycles. The first-order valence-corrected chi connectivity index (χ1v) is 17.7. The summed E-state index contributed by atoms with van der Waals surface area (Å²) in [4.78, 5) is 41.4. The first-order chi connectivity index (χ1) is 22.7. The molecular formula is C36H52BFN2O9. The van der Waals surface area contributed by atoms with Gasteiger partial charge in [-0.25, -0.2) is 14.0 Å². The zero-order valence-electron chi connectivity index (χ0n) is 30.4. The average molecular weight is 687 g/mol. The Morgan fingerprint density at radius 1 is 1.02 bits per heavy atom. The van der Waals surface area contributed by atoms with E-state index < -0.39 is 48.8 Å². The van der Waals surface area contributed by atoms with Crippen molar-refractivity contribution in [1.29, 1.82) is 0 Å². The number of nitrogens with one attached hydrogen (secondary N) is 1. The van der Waals surface area contributed by atoms with Crippen molar-refractivity contribution in [3.05, 3.63) is 23.3 Å². The first kappa shape index (κ1) is 35.9. The molecule has 1 amide bonds. The fourth-order valence-electron chi connectivity index (χ4n) is 8.22. The van der Waals surface area contributed by atoms with Crippen LogP contribution in [0.4, 0.5) is 9.18 Å². The number of ether oxygens (including phenoxy) is 4. The van der Waals surface area contributed by atoms with E-state index in [0.717, 1.165) is 12.8 Å². The monoisotopic (exact) mass is 686 g/mol. The van der Waals surface area contributed by atoms with Crippen molar-refractivity contribution in [2.45, 2.75) is 136 Å². The summed E-state index contributed by atoms with van der Waals surface area (Å²) in [6.45, 7) is 17.9. The molecule has 3 saturated heterocycles. The van der Waals surface area contributed by atoms with Crippen LogP contribution in [0.3, 0.4) is 0 Å². The Kier molecular flexibility index (Phi) is 9.31. The minimum absolute atomic E-state index is 0.0117. The predicted octanol–water partition coefficient (Wildman–Crippen LogP) is 5.52. The maximum atomic E-state index is 13.9. The number of benzene rings is 1. The normalized spacial score (nSPS) is 30.6. The van der Waals surface area contributed by atoms with Gasteiger partial charge >= 0.3 is 19.2 Å². The van der Waals surface area contributed by atoms with E-state index in [1.807, 2.05) is 0 Å². The second-order valence-electron chi connectivity index (χ2n) is 17.2. The molecule has 7 rings (SSSR count). The molecule has 3 heterocycles. The van der Waals surface area contributed by atoms with Gasteiger partial charge in [0.15, 0.2) is 5.75 Å². The van der Waals surface area contributed by atoms with Gasteiger partial charge in [-0.2, -0.15) is 0 Å². The number of nitrogens with zero attached hydrogens (tertiary/aromatic N) is 1. The zero-order chi connectivity index (χ0) is 35.7. The highest BCUT2D eigenvalue weighted by atomic mass is 19.1. The summed E-state index contributed by atoms with van der Waals surface area (Å²) >= 11 is 0. The number of hydrogen-bond donors (Lipinski definition) is 1. The molecule has 6 atom stereocenters. The molecule has 0 radical (unpaired) electrons. The number of halogens is 1. The molecule has 11 nitrogen and oxygen atoms in total. The molecule has 270 valence electrons. The van der Waals surface area contributed by atoms with Crippen molar-refractivity contribution in [3.63, 3.8) is 0 Å². The van der Waals surface area contributed by atoms with Crippen LogP contribution in [-0.2, 0) is 30.0 Å². The third-order valence-corrected chi connectivity index (χ3v) is 10.9. The summed E-state index contributed by atoms with van der Waals surface area (Å²) in [6, 6.07) is 2.87. The van der Waals surface area contributed by atoms with E-state index in [4.69, 9.17) is 28.3 Å². The van der Waals surface area contributed by atoms with Crippen LogP contribution in [0, 0.1) is 17.3 Å². The van der Waals surface area contributed by atoms with E-state index in [-0.39, 0.29) is 66.1 Å². The van der Waals surface area contributed by atoms with Gasteiger partial charge in [0.1, 0.15) is 34.8 Å². The molecule has 2 bridgehead atoms. The van der Waals surface area contributed by atoms with Crippen molar-refractivity contribution in [2.75, 3.05) is 19.6 Å². The highest BCUT2D eigenvalue weighted by Crippen LogP contribution is 2.65. The van der Waals surface area contributed by atoms with Crippen molar-refractivity contribution in [2.24, 2.45) is 17.3 Å². The Morgan fingerprint density at radius 3 is 2.33 bits per heavy atom. The summed E-state index contributed by atoms with van der Waals surface area (Å²) in [6.07, 6.45) is 0.670. The van der Waals surface area contributed by atoms with Gasteiger partial charge in [0.2, 0.25) is 5.91 Å². The standard InChI is InChI=1S/C36H52BFN2O9/c1-33(2,3)46-31(42)28-25(44-23-18-40(19-23)30(41)24-16-22(38)17-39-24)11-10-20(29(28)45-32(43)47-34(4,5)6)12-13-37-48-27-15-21-14-26(35(21,7)8)36(27,9)49-37/h10-11,21-24,26-27,39H,12-19H2,1-9H3/t21-,22-,24-,26-,27+,36-/m0/s1. The Balaban J connectivity index is 1.24. The molecule has 3 aliphatic carbocycles. The molecule has 49 heavy (non-hydrogen) atoms. The number of likely N-dealkylation sites (tertiary alicyclic amines) is 1. The minimum Gasteiger partial charge on any atom is -0.486 e. The molecule has 13 heteroatoms. The smallest absolute Gasteiger partial charge is 0.486 e. The Bertz CT molecular complexity index is 1470. The SMILES string of the molecule is CC(C)(C)OC(=O)Oc1c(CCB2O[C@@H]3C[C@@H]4C[C@@H](C4(C)C)[C@]3(C)O2)ccc(OC2CN(C(=O)[C@@H]3C[C@H](F)CN3)C2)c1C(=O)OC(C)(C)C. The number of carbonyl (C=O) groups excluding carboxylic acids is 3. The van der Waals surface area contributed by atoms with Gasteiger partial charge in [0.25, 0.3) is 0 Å². The van der Waals surface area contributed by atoms with E-state index in [0.29, 0.717) is 30.1 Å². The van der Waals surface area contributed by atoms with Crippen LogP contribution >= 0.6 is 0 Å². The van der Waals surface area contributed by atoms with Gasteiger partial charge < -0.3 is 38.5 Å². The molecule has 1 aromatic carbocycles. The summed E-state index contributed by atoms with van der Waals surface area (Å²) in [5.74, 6) is 0.282. The number of hydrogen-bond acceptors (Lipinski definition) is 10. The van der Waals surface area contributed by atoms with Crippen molar-refractivity contribution in [3.8, 4) is 11.5 Å². The molecule has 1 N–H and O–H groups in total. The minimum atomic E-state index is -1.04. The second kappa shape index (κ2) is 12.7. The van der Waals surface area contributed by atoms with Gasteiger partial charge in [-0.15, -0.1) is 0 Å². The Morgan fingerprint density at radius 2 is 1.71 bits per heavy atom. The highest BCUT2D eigenvalue weighted by molar-refractivity contribution is 6.45. The fraction of sp³-hybridized carbons (Fsp3) is 0.750. The molecule has 6 fully saturated rings. The van der Waals surface area contributed by atoms with Gasteiger partial charge in [-0.1, -0.05) is 19.9 Å². The lowest BCUT2D eigenvalue weighted by atomic mass is 9.43. The summed E-state index contributed by atoms with van der Waals surface area (Å²) in [5.41, 5.74) is -1.33. The molecular weight excluding hydrogens is 634 g/mol. The highest BCUT2D eigenvalue weighted by Gasteiger charge is 2.67. The maximum absolute atomic E-state index is 13.9. The van der Waals surface area contributed by atoms with E-state index in [1.54, 1.807) is 58.6 Å². The van der Waals surface area contributed by atoms with E-state index in [1.165, 1.54) is 0 Å². The summed E-state index contributed by atoms with van der Waals surface area (Å²) < 4.78 is 50.2. The molecule has 1 aromatic rings. The summed E-state index contributed by atoms with van der Waals surface area (Å²) in [5, 5.41) is 2.92. The lowest BCUT2D eigenvalue weighted by molar-refractivity contribution is -0.199. The number of amides is 1. The van der Waals surface area contributed by atoms with Crippen LogP contribution in [0.2, 0.25) is 6.32 Å². The predicted molar refractivity (Wildman–Crippen MR) is 179 cm³/mol. The van der Waals surface area contributed by atoms with Gasteiger partial charge in [0.05, 0.1) is 30.8 Å². The Hall–Kier alpha value is -2.90. The average Bonchev–Trinajstić information content (AvgIpc) is 3.53. The quantitative estimate of drug-likeness (QED) is 0.213. The van der Waals surface area contributed by atoms with Crippen molar-refractivity contribution < 1.29 is 47.0 Å². The molecule has 6 aliphatic rings. The molecule has 0 spiro atoms. The molecule has 3 aliphatic heterocycles. The Labute approximate surface area is 289 Å². The maximum Gasteiger partial charge on any atom is 0.514 e. The third-order valence-electron chi connectivity index (χ3n) is 10.9. The van der Waals surface area contributed by atoms with E-state index in [9.17, 15) is 18.8 Å². The van der Waals surface area contributed by atoms with Crippen LogP contribution in [0.25, 0.3) is 0 Å². The molecule has 0 unspecified atom stereocenters. The van der Waals surface area contributed by atoms with Crippen LogP contribution in [0.15, 0.2) is 12.1 Å². The van der Waals surface area contributed by atoms with Gasteiger partial charge in [-0.3, -0.25) is 4.79 Å². The van der Waals surface area contributed by atoms with Crippen LogP contribution in [0.5, 0.6) is 11.5 Å². The lowest BCUT2D eigenvalue weighted by Gasteiger charge is -2.64. The topological polar surface area (TPSA) is 122 Å². The van der Waals surface area contributed by atoms with Crippen LogP contribution in [0.1, 0.15) is 97.5 Å². The largest absolute Gasteiger partial charge is 0.514 e. The van der Waals surface area contributed by atoms with Gasteiger partial charge in [-0.05, 0) is 103 Å². The summed E-state index contributed by atoms with van der Waals surface area (Å²) in [7, 11) is -0.457. The van der Waals surface area contributed by atoms with Crippen molar-refractivity contribution in [1.82, 2.24) is 10.2 Å². The number of aryl methyl sites for hydroxylation is 1. The third kappa shape index (κ3) is 7.31. The first-order valence-electron chi connectivity index (χ1n) is 17.7. The number of rotatable bonds is 8. The number of alkyl halides is 1. The van der Waals surface area contributed by atoms with E-state index in [2.05, 4.69) is 26.1 Å².